The Labute approximate surface area is 264 Å². The molecule has 5 heteroatoms. The average Bonchev–Trinajstić information content (AvgIpc) is 3.75. The van der Waals surface area contributed by atoms with Crippen LogP contribution in [0.25, 0.3) is 78.0 Å². The van der Waals surface area contributed by atoms with E-state index < -0.39 is 0 Å². The fourth-order valence-electron chi connectivity index (χ4n) is 7.44. The Morgan fingerprint density at radius 2 is 1.31 bits per heavy atom. The number of fused-ring (bicyclic) bond motifs is 9. The van der Waals surface area contributed by atoms with Gasteiger partial charge in [-0.15, -0.1) is 11.3 Å². The van der Waals surface area contributed by atoms with Crippen LogP contribution in [0.1, 0.15) is 34.5 Å². The second-order valence-electron chi connectivity index (χ2n) is 12.0. The Morgan fingerprint density at radius 3 is 2.18 bits per heavy atom. The van der Waals surface area contributed by atoms with Crippen LogP contribution in [0.4, 0.5) is 0 Å². The van der Waals surface area contributed by atoms with Gasteiger partial charge >= 0.3 is 0 Å². The molecule has 0 aliphatic heterocycles. The van der Waals surface area contributed by atoms with Crippen molar-refractivity contribution in [1.82, 2.24) is 19.1 Å². The van der Waals surface area contributed by atoms with E-state index >= 15 is 0 Å². The van der Waals surface area contributed by atoms with E-state index in [1.54, 1.807) is 0 Å². The smallest absolute Gasteiger partial charge is 0.162 e. The minimum Gasteiger partial charge on any atom is -0.309 e. The molecule has 0 N–H and O–H groups in total. The van der Waals surface area contributed by atoms with Gasteiger partial charge < -0.3 is 4.57 Å². The monoisotopic (exact) mass is 596 g/mol. The lowest BCUT2D eigenvalue weighted by molar-refractivity contribution is 0.875. The molecule has 2 aliphatic carbocycles. The number of aryl methyl sites for hydroxylation is 1. The Morgan fingerprint density at radius 1 is 0.600 bits per heavy atom. The fourth-order valence-corrected chi connectivity index (χ4v) is 8.66. The van der Waals surface area contributed by atoms with Gasteiger partial charge in [0, 0.05) is 49.1 Å². The van der Waals surface area contributed by atoms with Crippen LogP contribution in [-0.4, -0.2) is 19.1 Å². The normalized spacial score (nSPS) is 14.1. The van der Waals surface area contributed by atoms with Crippen molar-refractivity contribution in [1.29, 1.82) is 0 Å². The second-order valence-corrected chi connectivity index (χ2v) is 13.1. The molecule has 0 amide bonds. The molecule has 4 aromatic carbocycles. The molecule has 4 heterocycles. The van der Waals surface area contributed by atoms with Crippen molar-refractivity contribution in [2.24, 2.45) is 0 Å². The van der Waals surface area contributed by atoms with Gasteiger partial charge in [0.25, 0.3) is 0 Å². The summed E-state index contributed by atoms with van der Waals surface area (Å²) in [5.74, 6) is 1.78. The predicted octanol–water partition coefficient (Wildman–Crippen LogP) is 10.3. The van der Waals surface area contributed by atoms with E-state index in [2.05, 4.69) is 131 Å². The van der Waals surface area contributed by atoms with Gasteiger partial charge in [-0.3, -0.25) is 4.57 Å². The van der Waals surface area contributed by atoms with Crippen molar-refractivity contribution in [2.75, 3.05) is 0 Å². The molecular formula is C40H28N4S. The molecular weight excluding hydrogens is 569 g/mol. The maximum atomic E-state index is 5.42. The SMILES string of the molecule is C1=Cc2c(sc3c(-n4c5c(c6cc7c(cc64)c4ccccc4n7-c4ccccc4)C=CCC5)nc(-c4ccccc4)nc23)CC1. The first-order valence-electron chi connectivity index (χ1n) is 15.7. The largest absolute Gasteiger partial charge is 0.309 e. The summed E-state index contributed by atoms with van der Waals surface area (Å²) >= 11 is 1.88. The predicted molar refractivity (Wildman–Crippen MR) is 189 cm³/mol. The molecule has 0 saturated carbocycles. The van der Waals surface area contributed by atoms with E-state index in [4.69, 9.17) is 9.97 Å². The molecule has 10 rings (SSSR count). The van der Waals surface area contributed by atoms with Gasteiger partial charge in [0.05, 0.1) is 26.8 Å². The van der Waals surface area contributed by atoms with Crippen LogP contribution in [-0.2, 0) is 12.8 Å². The van der Waals surface area contributed by atoms with Crippen molar-refractivity contribution < 1.29 is 0 Å². The van der Waals surface area contributed by atoms with Crippen molar-refractivity contribution in [3.05, 3.63) is 131 Å². The van der Waals surface area contributed by atoms with Gasteiger partial charge in [0.1, 0.15) is 0 Å². The number of allylic oxidation sites excluding steroid dienone is 2. The summed E-state index contributed by atoms with van der Waals surface area (Å²) in [6.07, 6.45) is 13.3. The van der Waals surface area contributed by atoms with Crippen molar-refractivity contribution in [2.45, 2.75) is 25.7 Å². The fraction of sp³-hybridized carbons (Fsp3) is 0.100. The highest BCUT2D eigenvalue weighted by Gasteiger charge is 2.26. The average molecular weight is 597 g/mol. The molecule has 4 aromatic heterocycles. The molecule has 0 bridgehead atoms. The molecule has 0 atom stereocenters. The Bertz CT molecular complexity index is 2530. The third-order valence-electron chi connectivity index (χ3n) is 9.44. The Kier molecular flexibility index (Phi) is 5.37. The number of benzene rings is 4. The van der Waals surface area contributed by atoms with E-state index in [1.807, 2.05) is 11.3 Å². The lowest BCUT2D eigenvalue weighted by Crippen LogP contribution is -2.07. The number of thiophene rings is 1. The maximum Gasteiger partial charge on any atom is 0.162 e. The van der Waals surface area contributed by atoms with Gasteiger partial charge in [-0.25, -0.2) is 9.97 Å². The summed E-state index contributed by atoms with van der Waals surface area (Å²) in [5, 5.41) is 3.78. The first kappa shape index (κ1) is 25.1. The van der Waals surface area contributed by atoms with Crippen molar-refractivity contribution in [3.8, 4) is 22.9 Å². The zero-order valence-electron chi connectivity index (χ0n) is 24.6. The standard InChI is InChI=1S/C40H28N4S/c1-3-13-25(14-4-1)39-41-37-29-19-9-12-22-36(29)45-38(37)40(42-39)44-33-21-11-8-18-28(33)31-23-34-30(24-35(31)44)27-17-7-10-20-32(27)43(34)26-15-5-2-6-16-26/h1-10,13-20,23-24H,11-12,21-22H2. The zero-order valence-corrected chi connectivity index (χ0v) is 25.4. The second kappa shape index (κ2) is 9.62. The summed E-state index contributed by atoms with van der Waals surface area (Å²) in [6.45, 7) is 0. The number of rotatable bonds is 3. The van der Waals surface area contributed by atoms with Crippen LogP contribution < -0.4 is 0 Å². The third-order valence-corrected chi connectivity index (χ3v) is 10.7. The highest BCUT2D eigenvalue weighted by atomic mass is 32.1. The highest BCUT2D eigenvalue weighted by Crippen LogP contribution is 2.44. The van der Waals surface area contributed by atoms with Gasteiger partial charge in [-0.1, -0.05) is 91.0 Å². The van der Waals surface area contributed by atoms with Gasteiger partial charge in [-0.05, 0) is 56.0 Å². The number of para-hydroxylation sites is 2. The highest BCUT2D eigenvalue weighted by molar-refractivity contribution is 7.19. The minimum atomic E-state index is 0.779. The van der Waals surface area contributed by atoms with E-state index in [1.165, 1.54) is 64.8 Å². The molecule has 0 spiro atoms. The third kappa shape index (κ3) is 3.65. The topological polar surface area (TPSA) is 35.6 Å². The molecule has 214 valence electrons. The number of aromatic nitrogens is 4. The summed E-state index contributed by atoms with van der Waals surface area (Å²) in [7, 11) is 0. The van der Waals surface area contributed by atoms with E-state index in [-0.39, 0.29) is 0 Å². The van der Waals surface area contributed by atoms with E-state index in [0.29, 0.717) is 0 Å². The van der Waals surface area contributed by atoms with Crippen molar-refractivity contribution >= 4 is 66.4 Å². The van der Waals surface area contributed by atoms with Gasteiger partial charge in [0.2, 0.25) is 0 Å². The Balaban J connectivity index is 1.35. The molecule has 8 aromatic rings. The maximum absolute atomic E-state index is 5.42. The van der Waals surface area contributed by atoms with Crippen LogP contribution >= 0.6 is 11.3 Å². The lowest BCUT2D eigenvalue weighted by atomic mass is 10.0. The van der Waals surface area contributed by atoms with Gasteiger partial charge in [0.15, 0.2) is 11.6 Å². The van der Waals surface area contributed by atoms with Gasteiger partial charge in [-0.2, -0.15) is 0 Å². The molecule has 0 radical (unpaired) electrons. The van der Waals surface area contributed by atoms with E-state index in [9.17, 15) is 0 Å². The summed E-state index contributed by atoms with van der Waals surface area (Å²) in [5.41, 5.74) is 10.8. The van der Waals surface area contributed by atoms with Crippen LogP contribution in [0, 0.1) is 0 Å². The number of hydrogen-bond acceptors (Lipinski definition) is 3. The molecule has 2 aliphatic rings. The molecule has 0 unspecified atom stereocenters. The minimum absolute atomic E-state index is 0.779. The summed E-state index contributed by atoms with van der Waals surface area (Å²) in [6, 6.07) is 34.8. The van der Waals surface area contributed by atoms with Crippen LogP contribution in [0.3, 0.4) is 0 Å². The van der Waals surface area contributed by atoms with Crippen LogP contribution in [0.2, 0.25) is 0 Å². The van der Waals surface area contributed by atoms with E-state index in [0.717, 1.165) is 48.4 Å². The lowest BCUT2D eigenvalue weighted by Gasteiger charge is -2.14. The quantitative estimate of drug-likeness (QED) is 0.203. The summed E-state index contributed by atoms with van der Waals surface area (Å²) < 4.78 is 6.06. The summed E-state index contributed by atoms with van der Waals surface area (Å²) in [4.78, 5) is 12.1. The first-order valence-corrected chi connectivity index (χ1v) is 16.5. The Hall–Kier alpha value is -5.26. The molecule has 4 nitrogen and oxygen atoms in total. The van der Waals surface area contributed by atoms with Crippen LogP contribution in [0.15, 0.2) is 109 Å². The first-order chi connectivity index (χ1) is 22.3. The van der Waals surface area contributed by atoms with Crippen LogP contribution in [0.5, 0.6) is 0 Å². The molecule has 0 fully saturated rings. The number of nitrogens with zero attached hydrogens (tertiary/aromatic N) is 4. The molecule has 0 saturated heterocycles. The molecule has 45 heavy (non-hydrogen) atoms. The zero-order chi connectivity index (χ0) is 29.5. The number of hydrogen-bond donors (Lipinski definition) is 0. The van der Waals surface area contributed by atoms with Crippen molar-refractivity contribution in [3.63, 3.8) is 0 Å².